The van der Waals surface area contributed by atoms with Crippen molar-refractivity contribution in [3.05, 3.63) is 69.8 Å². The van der Waals surface area contributed by atoms with E-state index in [1.165, 1.54) is 19.2 Å². The third-order valence-corrected chi connectivity index (χ3v) is 3.54. The van der Waals surface area contributed by atoms with E-state index in [1.54, 1.807) is 49.3 Å². The van der Waals surface area contributed by atoms with E-state index in [0.29, 0.717) is 16.8 Å². The van der Waals surface area contributed by atoms with Crippen LogP contribution in [0.5, 0.6) is 0 Å². The molecule has 2 rings (SSSR count). The third-order valence-electron chi connectivity index (χ3n) is 3.54. The van der Waals surface area contributed by atoms with Crippen molar-refractivity contribution in [3.8, 4) is 0 Å². The number of rotatable bonds is 4. The number of alkyl carbamates (subject to hydrolysis) is 1. The third kappa shape index (κ3) is 7.25. The Labute approximate surface area is 170 Å². The standard InChI is InChI=1S/C15H14N2O3.C6H13NO2/c1-16(2)14-12(9-6-10-13(14)17(19)20)15(18)11-7-4-3-5-8-11;1-6(2,3)9-5(8)7-4/h3-10H,1-2H3;1-4H3,(H,7,8). The van der Waals surface area contributed by atoms with Gasteiger partial charge >= 0.3 is 6.09 Å². The first-order valence-corrected chi connectivity index (χ1v) is 8.93. The van der Waals surface area contributed by atoms with Crippen molar-refractivity contribution in [1.29, 1.82) is 0 Å². The molecule has 0 aliphatic rings. The fourth-order valence-corrected chi connectivity index (χ4v) is 2.41. The number of amides is 1. The summed E-state index contributed by atoms with van der Waals surface area (Å²) >= 11 is 0. The highest BCUT2D eigenvalue weighted by Gasteiger charge is 2.23. The van der Waals surface area contributed by atoms with Gasteiger partial charge in [0.15, 0.2) is 5.78 Å². The van der Waals surface area contributed by atoms with Crippen molar-refractivity contribution in [1.82, 2.24) is 5.32 Å². The Kier molecular flexibility index (Phi) is 8.32. The molecule has 0 saturated carbocycles. The van der Waals surface area contributed by atoms with Gasteiger partial charge in [-0.15, -0.1) is 0 Å². The van der Waals surface area contributed by atoms with E-state index < -0.39 is 4.92 Å². The van der Waals surface area contributed by atoms with E-state index >= 15 is 0 Å². The lowest BCUT2D eigenvalue weighted by atomic mass is 10.0. The smallest absolute Gasteiger partial charge is 0.407 e. The maximum absolute atomic E-state index is 12.5. The van der Waals surface area contributed by atoms with Crippen LogP contribution < -0.4 is 10.2 Å². The molecule has 0 radical (unpaired) electrons. The van der Waals surface area contributed by atoms with Crippen molar-refractivity contribution in [3.63, 3.8) is 0 Å². The average Bonchev–Trinajstić information content (AvgIpc) is 2.66. The van der Waals surface area contributed by atoms with Gasteiger partial charge in [0.1, 0.15) is 11.3 Å². The molecule has 0 spiro atoms. The van der Waals surface area contributed by atoms with Gasteiger partial charge in [0.25, 0.3) is 5.69 Å². The molecule has 2 aromatic carbocycles. The van der Waals surface area contributed by atoms with Crippen molar-refractivity contribution < 1.29 is 19.2 Å². The van der Waals surface area contributed by atoms with Gasteiger partial charge in [-0.3, -0.25) is 14.9 Å². The summed E-state index contributed by atoms with van der Waals surface area (Å²) in [6, 6.07) is 13.3. The van der Waals surface area contributed by atoms with E-state index in [4.69, 9.17) is 4.74 Å². The van der Waals surface area contributed by atoms with Gasteiger partial charge in [-0.05, 0) is 26.8 Å². The second kappa shape index (κ2) is 10.2. The zero-order valence-electron chi connectivity index (χ0n) is 17.6. The minimum Gasteiger partial charge on any atom is -0.444 e. The Bertz CT molecular complexity index is 858. The Morgan fingerprint density at radius 1 is 1.03 bits per heavy atom. The maximum atomic E-state index is 12.5. The molecule has 8 heteroatoms. The Morgan fingerprint density at radius 3 is 2.03 bits per heavy atom. The van der Waals surface area contributed by atoms with Crippen LogP contribution in [-0.4, -0.2) is 43.5 Å². The van der Waals surface area contributed by atoms with E-state index in [-0.39, 0.29) is 23.2 Å². The lowest BCUT2D eigenvalue weighted by molar-refractivity contribution is -0.384. The molecule has 1 N–H and O–H groups in total. The molecule has 1 amide bonds. The summed E-state index contributed by atoms with van der Waals surface area (Å²) in [4.78, 5) is 35.2. The normalized spacial score (nSPS) is 10.3. The number of hydrogen-bond donors (Lipinski definition) is 1. The van der Waals surface area contributed by atoms with Crippen LogP contribution in [0.15, 0.2) is 48.5 Å². The molecule has 156 valence electrons. The van der Waals surface area contributed by atoms with Gasteiger partial charge in [0.2, 0.25) is 0 Å². The summed E-state index contributed by atoms with van der Waals surface area (Å²) in [5.41, 5.74) is 0.703. The summed E-state index contributed by atoms with van der Waals surface area (Å²) in [6.07, 6.45) is -0.387. The largest absolute Gasteiger partial charge is 0.444 e. The number of anilines is 1. The lowest BCUT2D eigenvalue weighted by Gasteiger charge is -2.18. The maximum Gasteiger partial charge on any atom is 0.407 e. The molecular weight excluding hydrogens is 374 g/mol. The second-order valence-corrected chi connectivity index (χ2v) is 7.27. The predicted octanol–water partition coefficient (Wildman–Crippen LogP) is 4.03. The number of nitrogens with one attached hydrogen (secondary N) is 1. The SMILES string of the molecule is CN(C)c1c(C(=O)c2ccccc2)cccc1[N+](=O)[O-].CNC(=O)OC(C)(C)C. The first-order valence-electron chi connectivity index (χ1n) is 8.93. The summed E-state index contributed by atoms with van der Waals surface area (Å²) in [7, 11) is 4.91. The molecule has 2 aromatic rings. The highest BCUT2D eigenvalue weighted by Crippen LogP contribution is 2.32. The van der Waals surface area contributed by atoms with Gasteiger partial charge in [0.05, 0.1) is 10.5 Å². The fourth-order valence-electron chi connectivity index (χ4n) is 2.41. The van der Waals surface area contributed by atoms with Gasteiger partial charge in [-0.25, -0.2) is 4.79 Å². The highest BCUT2D eigenvalue weighted by atomic mass is 16.6. The van der Waals surface area contributed by atoms with E-state index in [2.05, 4.69) is 5.32 Å². The predicted molar refractivity (Wildman–Crippen MR) is 113 cm³/mol. The molecule has 0 saturated heterocycles. The number of nitro benzene ring substituents is 1. The Hall–Kier alpha value is -3.42. The first-order chi connectivity index (χ1) is 13.5. The molecule has 0 atom stereocenters. The molecule has 29 heavy (non-hydrogen) atoms. The van der Waals surface area contributed by atoms with Gasteiger partial charge in [0, 0.05) is 32.8 Å². The van der Waals surface area contributed by atoms with Crippen molar-refractivity contribution in [2.75, 3.05) is 26.0 Å². The van der Waals surface area contributed by atoms with E-state index in [1.807, 2.05) is 26.8 Å². The van der Waals surface area contributed by atoms with Crippen LogP contribution in [0.25, 0.3) is 0 Å². The van der Waals surface area contributed by atoms with Crippen LogP contribution in [0, 0.1) is 10.1 Å². The number of para-hydroxylation sites is 1. The summed E-state index contributed by atoms with van der Waals surface area (Å²) in [5, 5.41) is 13.5. The molecule has 8 nitrogen and oxygen atoms in total. The number of ketones is 1. The molecule has 0 fully saturated rings. The van der Waals surface area contributed by atoms with Crippen LogP contribution in [0.1, 0.15) is 36.7 Å². The van der Waals surface area contributed by atoms with Crippen molar-refractivity contribution >= 4 is 23.3 Å². The highest BCUT2D eigenvalue weighted by molar-refractivity contribution is 6.13. The number of carbonyl (C=O) groups excluding carboxylic acids is 2. The first kappa shape index (κ1) is 23.6. The fraction of sp³-hybridized carbons (Fsp3) is 0.333. The molecule has 0 aliphatic carbocycles. The number of nitrogens with zero attached hydrogens (tertiary/aromatic N) is 2. The summed E-state index contributed by atoms with van der Waals surface area (Å²) < 4.78 is 4.84. The quantitative estimate of drug-likeness (QED) is 0.471. The van der Waals surface area contributed by atoms with Crippen LogP contribution in [0.3, 0.4) is 0 Å². The number of carbonyl (C=O) groups is 2. The number of hydrogen-bond acceptors (Lipinski definition) is 6. The lowest BCUT2D eigenvalue weighted by Crippen LogP contribution is -2.30. The molecule has 0 heterocycles. The Balaban J connectivity index is 0.000000396. The van der Waals surface area contributed by atoms with Gasteiger partial charge < -0.3 is 15.0 Å². The molecule has 0 bridgehead atoms. The molecular formula is C21H27N3O5. The molecule has 0 unspecified atom stereocenters. The van der Waals surface area contributed by atoms with Crippen LogP contribution in [-0.2, 0) is 4.74 Å². The minimum absolute atomic E-state index is 0.0724. The van der Waals surface area contributed by atoms with Crippen molar-refractivity contribution in [2.24, 2.45) is 0 Å². The topological polar surface area (TPSA) is 102 Å². The van der Waals surface area contributed by atoms with E-state index in [9.17, 15) is 19.7 Å². The van der Waals surface area contributed by atoms with Crippen molar-refractivity contribution in [2.45, 2.75) is 26.4 Å². The number of benzene rings is 2. The van der Waals surface area contributed by atoms with E-state index in [0.717, 1.165) is 0 Å². The second-order valence-electron chi connectivity index (χ2n) is 7.27. The minimum atomic E-state index is -0.475. The zero-order valence-corrected chi connectivity index (χ0v) is 17.6. The van der Waals surface area contributed by atoms with Gasteiger partial charge in [-0.1, -0.05) is 36.4 Å². The van der Waals surface area contributed by atoms with Crippen LogP contribution in [0.2, 0.25) is 0 Å². The number of ether oxygens (including phenoxy) is 1. The van der Waals surface area contributed by atoms with Crippen LogP contribution >= 0.6 is 0 Å². The molecule has 0 aliphatic heterocycles. The summed E-state index contributed by atoms with van der Waals surface area (Å²) in [6.45, 7) is 5.46. The molecule has 0 aromatic heterocycles. The van der Waals surface area contributed by atoms with Gasteiger partial charge in [-0.2, -0.15) is 0 Å². The zero-order chi connectivity index (χ0) is 22.2. The Morgan fingerprint density at radius 2 is 1.62 bits per heavy atom. The monoisotopic (exact) mass is 401 g/mol. The number of nitro groups is 1. The van der Waals surface area contributed by atoms with Crippen LogP contribution in [0.4, 0.5) is 16.2 Å². The average molecular weight is 401 g/mol. The summed E-state index contributed by atoms with van der Waals surface area (Å²) in [5.74, 6) is -0.224.